The van der Waals surface area contributed by atoms with Crippen LogP contribution in [0.5, 0.6) is 0 Å². The first kappa shape index (κ1) is 7.16. The predicted octanol–water partition coefficient (Wildman–Crippen LogP) is 0.254. The van der Waals surface area contributed by atoms with Crippen LogP contribution in [0.2, 0.25) is 0 Å². The molecule has 4 heteroatoms. The van der Waals surface area contributed by atoms with Crippen molar-refractivity contribution in [3.05, 3.63) is 11.3 Å². The lowest BCUT2D eigenvalue weighted by molar-refractivity contribution is 0.437. The Kier molecular flexibility index (Phi) is 1.45. The van der Waals surface area contributed by atoms with Gasteiger partial charge >= 0.3 is 10.1 Å². The molecular weight excluding hydrogens is 152 g/mol. The second-order valence-corrected chi connectivity index (χ2v) is 3.61. The van der Waals surface area contributed by atoms with Crippen LogP contribution in [-0.4, -0.2) is 14.2 Å². The van der Waals surface area contributed by atoms with Crippen molar-refractivity contribution >= 4 is 10.1 Å². The Balaban J connectivity index is 3.02. The zero-order valence-electron chi connectivity index (χ0n) is 5.42. The van der Waals surface area contributed by atoms with E-state index in [1.165, 1.54) is 0 Å². The third kappa shape index (κ3) is 1.14. The van der Waals surface area contributed by atoms with Crippen molar-refractivity contribution in [2.75, 3.05) is 5.75 Å². The van der Waals surface area contributed by atoms with Gasteiger partial charge in [0, 0.05) is 0 Å². The summed E-state index contributed by atoms with van der Waals surface area (Å²) in [6.45, 7) is 1.64. The van der Waals surface area contributed by atoms with Crippen molar-refractivity contribution < 1.29 is 12.6 Å². The largest absolute Gasteiger partial charge is 0.373 e. The maximum Gasteiger partial charge on any atom is 0.313 e. The molecule has 0 N–H and O–H groups in total. The van der Waals surface area contributed by atoms with Crippen molar-refractivity contribution in [2.24, 2.45) is 0 Å². The fourth-order valence-electron chi connectivity index (χ4n) is 0.706. The van der Waals surface area contributed by atoms with E-state index < -0.39 is 10.1 Å². The van der Waals surface area contributed by atoms with Gasteiger partial charge in [0.15, 0.2) is 5.76 Å². The maximum absolute atomic E-state index is 10.7. The molecule has 1 aliphatic rings. The summed E-state index contributed by atoms with van der Waals surface area (Å²) in [5, 5.41) is 0. The fourth-order valence-corrected chi connectivity index (χ4v) is 1.87. The van der Waals surface area contributed by atoms with Gasteiger partial charge in [0.1, 0.15) is 5.75 Å². The molecule has 0 spiro atoms. The number of hydrogen-bond acceptors (Lipinski definition) is 3. The molecule has 0 saturated heterocycles. The Morgan fingerprint density at radius 1 is 1.70 bits per heavy atom. The number of allylic oxidation sites excluding steroid dienone is 1. The van der Waals surface area contributed by atoms with Crippen LogP contribution in [0.1, 0.15) is 6.92 Å². The summed E-state index contributed by atoms with van der Waals surface area (Å²) >= 11 is 0. The van der Waals surface area contributed by atoms with Gasteiger partial charge < -0.3 is 4.18 Å². The van der Waals surface area contributed by atoms with Crippen molar-refractivity contribution in [2.45, 2.75) is 6.92 Å². The third-order valence-electron chi connectivity index (χ3n) is 1.12. The topological polar surface area (TPSA) is 43.4 Å². The lowest BCUT2D eigenvalue weighted by Gasteiger charge is -1.91. The predicted molar refractivity (Wildman–Crippen MR) is 36.4 cm³/mol. The highest BCUT2D eigenvalue weighted by Gasteiger charge is 2.24. The molecule has 0 atom stereocenters. The summed E-state index contributed by atoms with van der Waals surface area (Å²) in [6, 6.07) is 0. The van der Waals surface area contributed by atoms with Crippen molar-refractivity contribution in [1.82, 2.24) is 0 Å². The molecule has 0 radical (unpaired) electrons. The van der Waals surface area contributed by atoms with Gasteiger partial charge in [-0.15, -0.1) is 6.42 Å². The van der Waals surface area contributed by atoms with Gasteiger partial charge in [-0.1, -0.05) is 0 Å². The van der Waals surface area contributed by atoms with E-state index in [1.54, 1.807) is 6.92 Å². The van der Waals surface area contributed by atoms with Crippen LogP contribution in [0.4, 0.5) is 0 Å². The Morgan fingerprint density at radius 2 is 2.30 bits per heavy atom. The van der Waals surface area contributed by atoms with E-state index in [0.29, 0.717) is 5.57 Å². The van der Waals surface area contributed by atoms with Crippen molar-refractivity contribution in [1.29, 1.82) is 0 Å². The lowest BCUT2D eigenvalue weighted by Crippen LogP contribution is -2.00. The lowest BCUT2D eigenvalue weighted by atomic mass is 10.3. The molecule has 0 aromatic heterocycles. The molecule has 0 fully saturated rings. The van der Waals surface area contributed by atoms with Crippen LogP contribution in [0.15, 0.2) is 11.3 Å². The number of terminal acetylenes is 1. The monoisotopic (exact) mass is 158 g/mol. The van der Waals surface area contributed by atoms with Gasteiger partial charge in [0.25, 0.3) is 0 Å². The van der Waals surface area contributed by atoms with Gasteiger partial charge in [-0.05, 0) is 18.4 Å². The van der Waals surface area contributed by atoms with E-state index in [2.05, 4.69) is 10.1 Å². The van der Waals surface area contributed by atoms with Gasteiger partial charge in [-0.3, -0.25) is 0 Å². The quantitative estimate of drug-likeness (QED) is 0.375. The van der Waals surface area contributed by atoms with Gasteiger partial charge in [-0.25, -0.2) is 0 Å². The summed E-state index contributed by atoms with van der Waals surface area (Å²) in [5.41, 5.74) is 0.600. The summed E-state index contributed by atoms with van der Waals surface area (Å²) in [5.74, 6) is 2.21. The SMILES string of the molecule is C#CC1=C(C)CS(=O)(=O)O1. The Morgan fingerprint density at radius 3 is 2.50 bits per heavy atom. The molecule has 54 valence electrons. The molecule has 0 saturated carbocycles. The standard InChI is InChI=1S/C6H6O3S/c1-3-6-5(2)4-10(7,8)9-6/h1H,4H2,2H3. The second kappa shape index (κ2) is 2.03. The first-order valence-corrected chi connectivity index (χ1v) is 4.21. The summed E-state index contributed by atoms with van der Waals surface area (Å²) < 4.78 is 25.7. The number of rotatable bonds is 0. The highest BCUT2D eigenvalue weighted by atomic mass is 32.2. The molecule has 10 heavy (non-hydrogen) atoms. The minimum absolute atomic E-state index is 0.0769. The molecule has 0 aliphatic carbocycles. The Bertz CT molecular complexity index is 315. The zero-order chi connectivity index (χ0) is 7.78. The smallest absolute Gasteiger partial charge is 0.313 e. The molecule has 1 aliphatic heterocycles. The van der Waals surface area contributed by atoms with E-state index in [0.717, 1.165) is 0 Å². The Hall–Kier alpha value is -0.950. The fraction of sp³-hybridized carbons (Fsp3) is 0.333. The van der Waals surface area contributed by atoms with E-state index in [1.807, 2.05) is 0 Å². The summed E-state index contributed by atoms with van der Waals surface area (Å²) in [7, 11) is -3.37. The molecule has 0 aromatic carbocycles. The molecular formula is C6H6O3S. The average Bonchev–Trinajstić information content (AvgIpc) is 2.05. The van der Waals surface area contributed by atoms with Gasteiger partial charge in [0.05, 0.1) is 0 Å². The van der Waals surface area contributed by atoms with Crippen molar-refractivity contribution in [3.63, 3.8) is 0 Å². The minimum atomic E-state index is -3.37. The molecule has 3 nitrogen and oxygen atoms in total. The second-order valence-electron chi connectivity index (χ2n) is 2.04. The number of hydrogen-bond donors (Lipinski definition) is 0. The molecule has 0 unspecified atom stereocenters. The van der Waals surface area contributed by atoms with Crippen LogP contribution >= 0.6 is 0 Å². The minimum Gasteiger partial charge on any atom is -0.373 e. The highest BCUT2D eigenvalue weighted by Crippen LogP contribution is 2.19. The first-order valence-electron chi connectivity index (χ1n) is 2.64. The Labute approximate surface area is 59.8 Å². The van der Waals surface area contributed by atoms with E-state index in [9.17, 15) is 8.42 Å². The van der Waals surface area contributed by atoms with Gasteiger partial charge in [-0.2, -0.15) is 8.42 Å². The average molecular weight is 158 g/mol. The first-order chi connectivity index (χ1) is 4.55. The highest BCUT2D eigenvalue weighted by molar-refractivity contribution is 7.87. The summed E-state index contributed by atoms with van der Waals surface area (Å²) in [4.78, 5) is 0. The van der Waals surface area contributed by atoms with Crippen molar-refractivity contribution in [3.8, 4) is 12.3 Å². The normalized spacial score (nSPS) is 22.0. The van der Waals surface area contributed by atoms with E-state index >= 15 is 0 Å². The van der Waals surface area contributed by atoms with E-state index in [4.69, 9.17) is 6.42 Å². The summed E-state index contributed by atoms with van der Waals surface area (Å²) in [6.07, 6.45) is 4.95. The molecule has 0 aromatic rings. The third-order valence-corrected chi connectivity index (χ3v) is 2.33. The molecule has 1 heterocycles. The zero-order valence-corrected chi connectivity index (χ0v) is 6.23. The van der Waals surface area contributed by atoms with Gasteiger partial charge in [0.2, 0.25) is 0 Å². The van der Waals surface area contributed by atoms with Crippen LogP contribution in [-0.2, 0) is 14.3 Å². The molecule has 0 bridgehead atoms. The maximum atomic E-state index is 10.7. The van der Waals surface area contributed by atoms with Crippen LogP contribution in [0.3, 0.4) is 0 Å². The van der Waals surface area contributed by atoms with Crippen LogP contribution in [0.25, 0.3) is 0 Å². The molecule has 1 rings (SSSR count). The van der Waals surface area contributed by atoms with Crippen LogP contribution in [0, 0.1) is 12.3 Å². The van der Waals surface area contributed by atoms with E-state index in [-0.39, 0.29) is 11.5 Å². The van der Waals surface area contributed by atoms with Crippen LogP contribution < -0.4 is 0 Å². The molecule has 0 amide bonds.